The zero-order valence-corrected chi connectivity index (χ0v) is 8.57. The van der Waals surface area contributed by atoms with Crippen molar-refractivity contribution in [3.05, 3.63) is 36.0 Å². The molecule has 0 saturated carbocycles. The minimum Gasteiger partial charge on any atom is -0.382 e. The number of aromatic amines is 1. The Bertz CT molecular complexity index is 506. The largest absolute Gasteiger partial charge is 0.382 e. The van der Waals surface area contributed by atoms with Crippen molar-refractivity contribution in [3.63, 3.8) is 0 Å². The molecule has 0 aliphatic rings. The molecule has 2 aromatic rings. The molecule has 1 aromatic carbocycles. The van der Waals surface area contributed by atoms with Gasteiger partial charge in [-0.3, -0.25) is 5.10 Å². The maximum absolute atomic E-state index is 8.54. The summed E-state index contributed by atoms with van der Waals surface area (Å²) in [5.74, 6) is 0.501. The number of nitrogen functional groups attached to an aromatic ring is 1. The quantitative estimate of drug-likeness (QED) is 0.725. The summed E-state index contributed by atoms with van der Waals surface area (Å²) in [6.07, 6.45) is 2.05. The van der Waals surface area contributed by atoms with Gasteiger partial charge in [0.05, 0.1) is 18.7 Å². The number of nitrogens with two attached hydrogens (primary N) is 1. The first kappa shape index (κ1) is 10.1. The molecule has 0 radical (unpaired) electrons. The fourth-order valence-electron chi connectivity index (χ4n) is 1.35. The lowest BCUT2D eigenvalue weighted by Gasteiger charge is -2.04. The summed E-state index contributed by atoms with van der Waals surface area (Å²) >= 11 is 0. The van der Waals surface area contributed by atoms with E-state index in [0.717, 1.165) is 16.9 Å². The van der Waals surface area contributed by atoms with E-state index in [9.17, 15) is 0 Å². The van der Waals surface area contributed by atoms with Crippen LogP contribution in [0.5, 0.6) is 0 Å². The molecule has 1 aromatic heterocycles. The van der Waals surface area contributed by atoms with E-state index in [1.807, 2.05) is 24.3 Å². The van der Waals surface area contributed by atoms with Gasteiger partial charge in [-0.2, -0.15) is 10.4 Å². The minimum absolute atomic E-state index is 0.425. The maximum atomic E-state index is 8.54. The Morgan fingerprint density at radius 2 is 2.12 bits per heavy atom. The number of rotatable bonds is 3. The van der Waals surface area contributed by atoms with E-state index in [4.69, 9.17) is 11.0 Å². The van der Waals surface area contributed by atoms with E-state index in [1.165, 1.54) is 0 Å². The van der Waals surface area contributed by atoms with Crippen molar-refractivity contribution in [2.24, 2.45) is 0 Å². The van der Waals surface area contributed by atoms with Crippen molar-refractivity contribution < 1.29 is 0 Å². The van der Waals surface area contributed by atoms with E-state index < -0.39 is 0 Å². The third kappa shape index (κ3) is 2.12. The number of hydrogen-bond donors (Lipinski definition) is 3. The monoisotopic (exact) mass is 213 g/mol. The summed E-state index contributed by atoms with van der Waals surface area (Å²) in [5.41, 5.74) is 8.29. The molecule has 2 rings (SSSR count). The highest BCUT2D eigenvalue weighted by Gasteiger charge is 2.01. The van der Waals surface area contributed by atoms with Crippen molar-refractivity contribution in [2.75, 3.05) is 11.1 Å². The Morgan fingerprint density at radius 1 is 1.38 bits per heavy atom. The highest BCUT2D eigenvalue weighted by Crippen LogP contribution is 2.20. The van der Waals surface area contributed by atoms with Crippen LogP contribution in [0.4, 0.5) is 17.2 Å². The first-order valence-corrected chi connectivity index (χ1v) is 4.81. The molecule has 0 unspecified atom stereocenters. The van der Waals surface area contributed by atoms with Gasteiger partial charge in [0.1, 0.15) is 11.5 Å². The molecule has 0 spiro atoms. The molecule has 0 fully saturated rings. The van der Waals surface area contributed by atoms with Crippen molar-refractivity contribution >= 4 is 17.2 Å². The van der Waals surface area contributed by atoms with Crippen LogP contribution in [0.25, 0.3) is 0 Å². The van der Waals surface area contributed by atoms with Gasteiger partial charge in [0.25, 0.3) is 0 Å². The van der Waals surface area contributed by atoms with E-state index in [0.29, 0.717) is 12.2 Å². The van der Waals surface area contributed by atoms with Crippen LogP contribution < -0.4 is 11.1 Å². The van der Waals surface area contributed by atoms with E-state index in [-0.39, 0.29) is 0 Å². The van der Waals surface area contributed by atoms with Gasteiger partial charge in [0, 0.05) is 5.69 Å². The molecular formula is C11H11N5. The Hall–Kier alpha value is -2.48. The predicted octanol–water partition coefficient (Wildman–Crippen LogP) is 1.80. The molecule has 0 atom stereocenters. The third-order valence-electron chi connectivity index (χ3n) is 2.18. The van der Waals surface area contributed by atoms with Crippen LogP contribution in [0.2, 0.25) is 0 Å². The van der Waals surface area contributed by atoms with Gasteiger partial charge >= 0.3 is 0 Å². The number of nitrogens with one attached hydrogen (secondary N) is 2. The molecule has 16 heavy (non-hydrogen) atoms. The molecule has 0 bridgehead atoms. The summed E-state index contributed by atoms with van der Waals surface area (Å²) in [6, 6.07) is 9.72. The lowest BCUT2D eigenvalue weighted by atomic mass is 10.1. The molecule has 5 heteroatoms. The molecule has 4 N–H and O–H groups in total. The van der Waals surface area contributed by atoms with Gasteiger partial charge in [-0.1, -0.05) is 12.1 Å². The molecule has 0 saturated heterocycles. The zero-order valence-electron chi connectivity index (χ0n) is 8.57. The average molecular weight is 213 g/mol. The SMILES string of the molecule is N#CCc1ccc(Nc2cn[nH]c2N)cc1. The average Bonchev–Trinajstić information content (AvgIpc) is 2.68. The smallest absolute Gasteiger partial charge is 0.143 e. The second-order valence-electron chi connectivity index (χ2n) is 3.35. The first-order chi connectivity index (χ1) is 7.79. The van der Waals surface area contributed by atoms with Gasteiger partial charge in [-0.15, -0.1) is 0 Å². The van der Waals surface area contributed by atoms with Crippen LogP contribution >= 0.6 is 0 Å². The van der Waals surface area contributed by atoms with Crippen LogP contribution in [0.15, 0.2) is 30.5 Å². The van der Waals surface area contributed by atoms with Crippen molar-refractivity contribution in [3.8, 4) is 6.07 Å². The Balaban J connectivity index is 2.12. The number of nitrogens with zero attached hydrogens (tertiary/aromatic N) is 2. The number of aromatic nitrogens is 2. The second kappa shape index (κ2) is 4.36. The number of anilines is 3. The lowest BCUT2D eigenvalue weighted by Crippen LogP contribution is -1.94. The second-order valence-corrected chi connectivity index (χ2v) is 3.35. The molecule has 5 nitrogen and oxygen atoms in total. The highest BCUT2D eigenvalue weighted by atomic mass is 15.2. The topological polar surface area (TPSA) is 90.5 Å². The summed E-state index contributed by atoms with van der Waals surface area (Å²) in [4.78, 5) is 0. The van der Waals surface area contributed by atoms with Crippen LogP contribution in [-0.4, -0.2) is 10.2 Å². The maximum Gasteiger partial charge on any atom is 0.143 e. The van der Waals surface area contributed by atoms with Crippen molar-refractivity contribution in [1.29, 1.82) is 5.26 Å². The van der Waals surface area contributed by atoms with E-state index >= 15 is 0 Å². The fourth-order valence-corrected chi connectivity index (χ4v) is 1.35. The van der Waals surface area contributed by atoms with Crippen LogP contribution in [0.1, 0.15) is 5.56 Å². The van der Waals surface area contributed by atoms with Gasteiger partial charge in [0.2, 0.25) is 0 Å². The Morgan fingerprint density at radius 3 is 2.69 bits per heavy atom. The number of H-pyrrole nitrogens is 1. The number of benzene rings is 1. The third-order valence-corrected chi connectivity index (χ3v) is 2.18. The minimum atomic E-state index is 0.425. The van der Waals surface area contributed by atoms with E-state index in [1.54, 1.807) is 6.20 Å². The molecule has 1 heterocycles. The van der Waals surface area contributed by atoms with Crippen LogP contribution in [0, 0.1) is 11.3 Å². The van der Waals surface area contributed by atoms with Crippen molar-refractivity contribution in [2.45, 2.75) is 6.42 Å². The molecule has 0 amide bonds. The van der Waals surface area contributed by atoms with Gasteiger partial charge in [-0.25, -0.2) is 0 Å². The fraction of sp³-hybridized carbons (Fsp3) is 0.0909. The summed E-state index contributed by atoms with van der Waals surface area (Å²) in [5, 5.41) is 18.1. The summed E-state index contributed by atoms with van der Waals surface area (Å²) in [6.45, 7) is 0. The standard InChI is InChI=1S/C11H11N5/c12-6-5-8-1-3-9(4-2-8)15-10-7-14-16-11(10)13/h1-4,7,15H,5H2,(H3,13,14,16). The van der Waals surface area contributed by atoms with Gasteiger partial charge < -0.3 is 11.1 Å². The summed E-state index contributed by atoms with van der Waals surface area (Å²) in [7, 11) is 0. The number of nitriles is 1. The Kier molecular flexibility index (Phi) is 2.74. The molecule has 0 aliphatic carbocycles. The molecule has 80 valence electrons. The summed E-state index contributed by atoms with van der Waals surface area (Å²) < 4.78 is 0. The van der Waals surface area contributed by atoms with Gasteiger partial charge in [-0.05, 0) is 17.7 Å². The van der Waals surface area contributed by atoms with Crippen LogP contribution in [-0.2, 0) is 6.42 Å². The highest BCUT2D eigenvalue weighted by molar-refractivity contribution is 5.68. The normalized spacial score (nSPS) is 9.69. The first-order valence-electron chi connectivity index (χ1n) is 4.81. The van der Waals surface area contributed by atoms with Gasteiger partial charge in [0.15, 0.2) is 0 Å². The Labute approximate surface area is 92.9 Å². The van der Waals surface area contributed by atoms with Crippen molar-refractivity contribution in [1.82, 2.24) is 10.2 Å². The lowest BCUT2D eigenvalue weighted by molar-refractivity contribution is 1.10. The molecular weight excluding hydrogens is 202 g/mol. The van der Waals surface area contributed by atoms with E-state index in [2.05, 4.69) is 21.6 Å². The van der Waals surface area contributed by atoms with Crippen LogP contribution in [0.3, 0.4) is 0 Å². The number of hydrogen-bond acceptors (Lipinski definition) is 4. The molecule has 0 aliphatic heterocycles. The predicted molar refractivity (Wildman–Crippen MR) is 62.0 cm³/mol. The zero-order chi connectivity index (χ0) is 11.4.